The summed E-state index contributed by atoms with van der Waals surface area (Å²) in [7, 11) is 0. The number of hydrogen-bond acceptors (Lipinski definition) is 4. The third-order valence-corrected chi connectivity index (χ3v) is 8.18. The van der Waals surface area contributed by atoms with Crippen LogP contribution in [0.4, 0.5) is 45.5 Å². The highest BCUT2D eigenvalue weighted by molar-refractivity contribution is 7.17. The third-order valence-electron chi connectivity index (χ3n) is 7.23. The van der Waals surface area contributed by atoms with Crippen LogP contribution in [-0.4, -0.2) is 0 Å². The van der Waals surface area contributed by atoms with Crippen molar-refractivity contribution in [2.45, 2.75) is 0 Å². The summed E-state index contributed by atoms with van der Waals surface area (Å²) in [6, 6.07) is 57.5. The molecular formula is C38H29N3S. The van der Waals surface area contributed by atoms with Crippen LogP contribution in [-0.2, 0) is 0 Å². The van der Waals surface area contributed by atoms with Crippen LogP contribution in [0.5, 0.6) is 0 Å². The quantitative estimate of drug-likeness (QED) is 0.200. The molecule has 7 rings (SSSR count). The molecule has 0 fully saturated rings. The van der Waals surface area contributed by atoms with E-state index in [1.54, 1.807) is 11.3 Å². The van der Waals surface area contributed by atoms with Crippen molar-refractivity contribution >= 4 is 66.9 Å². The molecule has 6 aromatic carbocycles. The zero-order chi connectivity index (χ0) is 28.1. The lowest BCUT2D eigenvalue weighted by Crippen LogP contribution is -2.13. The van der Waals surface area contributed by atoms with Crippen LogP contribution in [0.15, 0.2) is 169 Å². The summed E-state index contributed by atoms with van der Waals surface area (Å²) in [6.07, 6.45) is 0. The van der Waals surface area contributed by atoms with Gasteiger partial charge in [0, 0.05) is 43.9 Å². The van der Waals surface area contributed by atoms with Gasteiger partial charge in [0.2, 0.25) is 0 Å². The van der Waals surface area contributed by atoms with E-state index < -0.39 is 0 Å². The molecule has 1 aromatic heterocycles. The van der Waals surface area contributed by atoms with Crippen molar-refractivity contribution in [1.82, 2.24) is 0 Å². The normalized spacial score (nSPS) is 10.9. The van der Waals surface area contributed by atoms with Gasteiger partial charge < -0.3 is 15.1 Å². The van der Waals surface area contributed by atoms with Gasteiger partial charge in [-0.1, -0.05) is 91.0 Å². The van der Waals surface area contributed by atoms with Gasteiger partial charge >= 0.3 is 0 Å². The fourth-order valence-electron chi connectivity index (χ4n) is 5.36. The highest BCUT2D eigenvalue weighted by atomic mass is 32.1. The van der Waals surface area contributed by atoms with E-state index in [0.717, 1.165) is 45.5 Å². The first kappa shape index (κ1) is 25.6. The van der Waals surface area contributed by atoms with Crippen LogP contribution in [0.2, 0.25) is 0 Å². The largest absolute Gasteiger partial charge is 0.355 e. The fourth-order valence-corrected chi connectivity index (χ4v) is 6.28. The first-order chi connectivity index (χ1) is 20.8. The SMILES string of the molecule is c1ccc(Nc2cc(N(c3ccccc3)c3ccccc3)cc(N(c3ccccc3)c3csc4ccccc34)c2)cc1. The lowest BCUT2D eigenvalue weighted by molar-refractivity contribution is 1.26. The second kappa shape index (κ2) is 11.7. The second-order valence-electron chi connectivity index (χ2n) is 10.0. The molecule has 4 heteroatoms. The van der Waals surface area contributed by atoms with Crippen molar-refractivity contribution < 1.29 is 0 Å². The number of anilines is 8. The Bertz CT molecular complexity index is 1860. The summed E-state index contributed by atoms with van der Waals surface area (Å²) in [4.78, 5) is 4.68. The van der Waals surface area contributed by atoms with Crippen LogP contribution in [0, 0.1) is 0 Å². The van der Waals surface area contributed by atoms with E-state index >= 15 is 0 Å². The van der Waals surface area contributed by atoms with Crippen LogP contribution >= 0.6 is 11.3 Å². The predicted octanol–water partition coefficient (Wildman–Crippen LogP) is 11.6. The van der Waals surface area contributed by atoms with E-state index in [1.807, 2.05) is 6.07 Å². The number of nitrogens with one attached hydrogen (secondary N) is 1. The maximum Gasteiger partial charge on any atom is 0.0647 e. The zero-order valence-electron chi connectivity index (χ0n) is 23.0. The molecule has 3 nitrogen and oxygen atoms in total. The molecule has 1 N–H and O–H groups in total. The molecule has 202 valence electrons. The average molecular weight is 560 g/mol. The molecule has 0 spiro atoms. The Labute approximate surface area is 250 Å². The maximum atomic E-state index is 3.68. The average Bonchev–Trinajstić information content (AvgIpc) is 3.47. The van der Waals surface area contributed by atoms with E-state index in [2.05, 4.69) is 178 Å². The number of benzene rings is 6. The van der Waals surface area contributed by atoms with Crippen molar-refractivity contribution in [2.75, 3.05) is 15.1 Å². The molecule has 7 aromatic rings. The van der Waals surface area contributed by atoms with Gasteiger partial charge in [-0.2, -0.15) is 0 Å². The van der Waals surface area contributed by atoms with E-state index in [9.17, 15) is 0 Å². The molecule has 0 radical (unpaired) electrons. The van der Waals surface area contributed by atoms with Gasteiger partial charge in [-0.3, -0.25) is 0 Å². The lowest BCUT2D eigenvalue weighted by Gasteiger charge is -2.30. The van der Waals surface area contributed by atoms with Crippen molar-refractivity contribution in [3.8, 4) is 0 Å². The number of fused-ring (bicyclic) bond motifs is 1. The van der Waals surface area contributed by atoms with Crippen molar-refractivity contribution in [2.24, 2.45) is 0 Å². The van der Waals surface area contributed by atoms with Crippen LogP contribution in [0.25, 0.3) is 10.1 Å². The smallest absolute Gasteiger partial charge is 0.0647 e. The van der Waals surface area contributed by atoms with Gasteiger partial charge in [-0.25, -0.2) is 0 Å². The summed E-state index contributed by atoms with van der Waals surface area (Å²) in [5, 5.41) is 7.18. The Morgan fingerprint density at radius 2 is 0.881 bits per heavy atom. The Morgan fingerprint density at radius 3 is 1.48 bits per heavy atom. The van der Waals surface area contributed by atoms with Crippen molar-refractivity contribution in [3.63, 3.8) is 0 Å². The highest BCUT2D eigenvalue weighted by Gasteiger charge is 2.20. The van der Waals surface area contributed by atoms with Gasteiger partial charge in [-0.05, 0) is 72.8 Å². The van der Waals surface area contributed by atoms with Crippen LogP contribution in [0.3, 0.4) is 0 Å². The van der Waals surface area contributed by atoms with Crippen LogP contribution < -0.4 is 15.1 Å². The maximum absolute atomic E-state index is 3.68. The Kier molecular flexibility index (Phi) is 7.11. The topological polar surface area (TPSA) is 18.5 Å². The summed E-state index contributed by atoms with van der Waals surface area (Å²) in [6.45, 7) is 0. The first-order valence-corrected chi connectivity index (χ1v) is 14.9. The third kappa shape index (κ3) is 5.24. The Hall–Kier alpha value is -5.32. The summed E-state index contributed by atoms with van der Waals surface area (Å²) in [5.41, 5.74) is 8.63. The van der Waals surface area contributed by atoms with Crippen molar-refractivity contribution in [1.29, 1.82) is 0 Å². The van der Waals surface area contributed by atoms with Crippen LogP contribution in [0.1, 0.15) is 0 Å². The minimum absolute atomic E-state index is 1.01. The molecule has 42 heavy (non-hydrogen) atoms. The van der Waals surface area contributed by atoms with E-state index in [0.29, 0.717) is 0 Å². The predicted molar refractivity (Wildman–Crippen MR) is 181 cm³/mol. The summed E-state index contributed by atoms with van der Waals surface area (Å²) in [5.74, 6) is 0. The number of nitrogens with zero attached hydrogens (tertiary/aromatic N) is 2. The van der Waals surface area contributed by atoms with Gasteiger partial charge in [0.05, 0.1) is 17.1 Å². The molecular weight excluding hydrogens is 531 g/mol. The second-order valence-corrected chi connectivity index (χ2v) is 10.9. The molecule has 0 aliphatic rings. The minimum Gasteiger partial charge on any atom is -0.355 e. The van der Waals surface area contributed by atoms with Gasteiger partial charge in [0.15, 0.2) is 0 Å². The standard InChI is InChI=1S/C38H29N3S/c1-5-15-29(16-6-1)39-30-25-34(40(31-17-7-2-8-18-31)32-19-9-3-10-20-32)27-35(26-30)41(33-21-11-4-12-22-33)37-28-42-38-24-14-13-23-36(37)38/h1-28,39H. The fraction of sp³-hybridized carbons (Fsp3) is 0. The molecule has 0 saturated heterocycles. The Balaban J connectivity index is 1.47. The molecule has 0 saturated carbocycles. The summed E-state index contributed by atoms with van der Waals surface area (Å²) < 4.78 is 1.27. The number of para-hydroxylation sites is 4. The first-order valence-electron chi connectivity index (χ1n) is 14.0. The molecule has 0 atom stereocenters. The van der Waals surface area contributed by atoms with E-state index in [1.165, 1.54) is 10.1 Å². The molecule has 1 heterocycles. The molecule has 0 aliphatic carbocycles. The van der Waals surface area contributed by atoms with Gasteiger partial charge in [0.25, 0.3) is 0 Å². The van der Waals surface area contributed by atoms with Gasteiger partial charge in [0.1, 0.15) is 0 Å². The molecule has 0 bridgehead atoms. The Morgan fingerprint density at radius 1 is 0.405 bits per heavy atom. The highest BCUT2D eigenvalue weighted by Crippen LogP contribution is 2.45. The monoisotopic (exact) mass is 559 g/mol. The molecule has 0 unspecified atom stereocenters. The summed E-state index contributed by atoms with van der Waals surface area (Å²) >= 11 is 1.77. The minimum atomic E-state index is 1.01. The number of thiophene rings is 1. The van der Waals surface area contributed by atoms with E-state index in [4.69, 9.17) is 0 Å². The molecule has 0 amide bonds. The molecule has 0 aliphatic heterocycles. The number of rotatable bonds is 8. The van der Waals surface area contributed by atoms with Crippen molar-refractivity contribution in [3.05, 3.63) is 169 Å². The zero-order valence-corrected chi connectivity index (χ0v) is 23.8. The van der Waals surface area contributed by atoms with E-state index in [-0.39, 0.29) is 0 Å². The number of hydrogen-bond donors (Lipinski definition) is 1. The van der Waals surface area contributed by atoms with Gasteiger partial charge in [-0.15, -0.1) is 11.3 Å². The lowest BCUT2D eigenvalue weighted by atomic mass is 10.1.